The average Bonchev–Trinajstić information content (AvgIpc) is 3.36. The minimum Gasteiger partial charge on any atom is -0.346 e. The zero-order chi connectivity index (χ0) is 18.4. The Hall–Kier alpha value is -2.58. The zero-order valence-electron chi connectivity index (χ0n) is 15.9. The highest BCUT2D eigenvalue weighted by Gasteiger charge is 2.30. The highest BCUT2D eigenvalue weighted by atomic mass is 15.3. The van der Waals surface area contributed by atoms with Gasteiger partial charge in [0.2, 0.25) is 0 Å². The lowest BCUT2D eigenvalue weighted by atomic mass is 10.1. The lowest BCUT2D eigenvalue weighted by Gasteiger charge is -2.36. The average molecular weight is 360 g/mol. The summed E-state index contributed by atoms with van der Waals surface area (Å²) < 4.78 is 2.20. The van der Waals surface area contributed by atoms with E-state index in [9.17, 15) is 5.26 Å². The van der Waals surface area contributed by atoms with Crippen LogP contribution < -0.4 is 9.80 Å². The molecule has 5 rings (SSSR count). The van der Waals surface area contributed by atoms with Crippen LogP contribution in [0.1, 0.15) is 36.8 Å². The van der Waals surface area contributed by atoms with E-state index in [0.29, 0.717) is 5.56 Å². The molecule has 1 aromatic carbocycles. The van der Waals surface area contributed by atoms with Crippen molar-refractivity contribution in [1.82, 2.24) is 9.38 Å². The number of nitriles is 1. The Morgan fingerprint density at radius 3 is 2.63 bits per heavy atom. The van der Waals surface area contributed by atoms with Gasteiger partial charge in [0, 0.05) is 0 Å². The molecule has 2 fully saturated rings. The number of aryl methyl sites for hydroxylation is 1. The number of hydrogen-bond donors (Lipinski definition) is 1. The number of hydrogen-bond acceptors (Lipinski definition) is 3. The first-order valence-electron chi connectivity index (χ1n) is 10.2. The minimum absolute atomic E-state index is 0.685. The molecule has 1 aliphatic heterocycles. The van der Waals surface area contributed by atoms with Gasteiger partial charge in [0.1, 0.15) is 11.9 Å². The summed E-state index contributed by atoms with van der Waals surface area (Å²) in [6, 6.07) is 13.6. The molecule has 1 saturated heterocycles. The first-order valence-corrected chi connectivity index (χ1v) is 10.2. The molecule has 0 amide bonds. The van der Waals surface area contributed by atoms with Crippen LogP contribution in [0.5, 0.6) is 0 Å². The summed E-state index contributed by atoms with van der Waals surface area (Å²) in [6.07, 6.45) is 5.63. The topological polar surface area (TPSA) is 48.8 Å². The third-order valence-electron chi connectivity index (χ3n) is 6.53. The molecular formula is C22H26N5+. The maximum Gasteiger partial charge on any atom is 0.157 e. The van der Waals surface area contributed by atoms with Crippen molar-refractivity contribution in [3.05, 3.63) is 41.5 Å². The molecule has 3 heterocycles. The van der Waals surface area contributed by atoms with Crippen LogP contribution in [0.3, 0.4) is 0 Å². The molecule has 1 aliphatic carbocycles. The number of anilines is 1. The van der Waals surface area contributed by atoms with E-state index in [1.54, 1.807) is 4.90 Å². The number of pyridine rings is 1. The van der Waals surface area contributed by atoms with Gasteiger partial charge in [-0.25, -0.2) is 4.98 Å². The molecule has 2 aromatic heterocycles. The van der Waals surface area contributed by atoms with Gasteiger partial charge in [-0.1, -0.05) is 12.1 Å². The van der Waals surface area contributed by atoms with Crippen molar-refractivity contribution in [1.29, 1.82) is 5.26 Å². The van der Waals surface area contributed by atoms with Crippen LogP contribution in [0.25, 0.3) is 16.7 Å². The number of fused-ring (bicyclic) bond motifs is 3. The molecule has 3 aromatic rings. The van der Waals surface area contributed by atoms with E-state index in [0.717, 1.165) is 41.4 Å². The number of benzene rings is 1. The fourth-order valence-corrected chi connectivity index (χ4v) is 5.07. The van der Waals surface area contributed by atoms with Crippen LogP contribution in [0.15, 0.2) is 30.3 Å². The Labute approximate surface area is 159 Å². The molecule has 1 saturated carbocycles. The van der Waals surface area contributed by atoms with Gasteiger partial charge >= 0.3 is 0 Å². The van der Waals surface area contributed by atoms with Gasteiger partial charge in [0.15, 0.2) is 5.65 Å². The van der Waals surface area contributed by atoms with Crippen LogP contribution in [0.2, 0.25) is 0 Å². The molecule has 0 atom stereocenters. The number of para-hydroxylation sites is 2. The second-order valence-electron chi connectivity index (χ2n) is 8.06. The van der Waals surface area contributed by atoms with Crippen molar-refractivity contribution in [2.24, 2.45) is 0 Å². The smallest absolute Gasteiger partial charge is 0.157 e. The molecule has 0 radical (unpaired) electrons. The molecule has 5 heteroatoms. The Morgan fingerprint density at radius 1 is 1.15 bits per heavy atom. The monoisotopic (exact) mass is 360 g/mol. The fourth-order valence-electron chi connectivity index (χ4n) is 5.07. The molecule has 0 bridgehead atoms. The highest BCUT2D eigenvalue weighted by Crippen LogP contribution is 2.28. The van der Waals surface area contributed by atoms with Gasteiger partial charge in [0.25, 0.3) is 0 Å². The van der Waals surface area contributed by atoms with Gasteiger partial charge in [-0.3, -0.25) is 4.40 Å². The number of piperazine rings is 1. The van der Waals surface area contributed by atoms with E-state index in [-0.39, 0.29) is 0 Å². The van der Waals surface area contributed by atoms with Gasteiger partial charge in [-0.2, -0.15) is 5.26 Å². The standard InChI is InChI=1S/C22H25N5/c1-16-14-21(26-12-10-25(11-13-26)17-6-2-3-7-17)27-20-9-5-4-8-19(20)24-22(27)18(16)15-23/h4-5,8-9,14,17H,2-3,6-7,10-13H2,1H3/p+1. The van der Waals surface area contributed by atoms with Gasteiger partial charge < -0.3 is 9.80 Å². The SMILES string of the molecule is Cc1cc(N2CC[NH+](C3CCCC3)CC2)n2c(nc3ccccc32)c1C#N. The molecule has 27 heavy (non-hydrogen) atoms. The summed E-state index contributed by atoms with van der Waals surface area (Å²) in [5.74, 6) is 1.18. The maximum atomic E-state index is 9.68. The van der Waals surface area contributed by atoms with Crippen molar-refractivity contribution in [3.8, 4) is 6.07 Å². The summed E-state index contributed by atoms with van der Waals surface area (Å²) in [5.41, 5.74) is 4.53. The van der Waals surface area contributed by atoms with Crippen LogP contribution in [0.4, 0.5) is 5.82 Å². The van der Waals surface area contributed by atoms with E-state index < -0.39 is 0 Å². The lowest BCUT2D eigenvalue weighted by molar-refractivity contribution is -0.925. The van der Waals surface area contributed by atoms with Crippen molar-refractivity contribution < 1.29 is 4.90 Å². The Balaban J connectivity index is 1.56. The van der Waals surface area contributed by atoms with Crippen LogP contribution >= 0.6 is 0 Å². The number of nitrogens with zero attached hydrogens (tertiary/aromatic N) is 4. The van der Waals surface area contributed by atoms with Crippen molar-refractivity contribution in [3.63, 3.8) is 0 Å². The van der Waals surface area contributed by atoms with Gasteiger partial charge in [-0.15, -0.1) is 0 Å². The second kappa shape index (κ2) is 6.54. The Bertz CT molecular complexity index is 1030. The summed E-state index contributed by atoms with van der Waals surface area (Å²) in [4.78, 5) is 9.08. The quantitative estimate of drug-likeness (QED) is 0.763. The Morgan fingerprint density at radius 2 is 1.89 bits per heavy atom. The molecule has 5 nitrogen and oxygen atoms in total. The Kier molecular flexibility index (Phi) is 4.02. The predicted octanol–water partition coefficient (Wildman–Crippen LogP) is 2.32. The highest BCUT2D eigenvalue weighted by molar-refractivity contribution is 5.85. The molecule has 2 aliphatic rings. The van der Waals surface area contributed by atoms with Crippen molar-refractivity contribution in [2.75, 3.05) is 31.1 Å². The molecule has 0 unspecified atom stereocenters. The zero-order valence-corrected chi connectivity index (χ0v) is 15.9. The molecule has 1 N–H and O–H groups in total. The second-order valence-corrected chi connectivity index (χ2v) is 8.06. The number of aromatic nitrogens is 2. The van der Waals surface area contributed by atoms with E-state index in [2.05, 4.69) is 27.5 Å². The third kappa shape index (κ3) is 2.67. The molecule has 138 valence electrons. The normalized spacial score (nSPS) is 19.2. The largest absolute Gasteiger partial charge is 0.346 e. The van der Waals surface area contributed by atoms with Gasteiger partial charge in [0.05, 0.1) is 48.8 Å². The summed E-state index contributed by atoms with van der Waals surface area (Å²) in [7, 11) is 0. The van der Waals surface area contributed by atoms with E-state index in [1.165, 1.54) is 44.6 Å². The van der Waals surface area contributed by atoms with Gasteiger partial charge in [-0.05, 0) is 56.4 Å². The van der Waals surface area contributed by atoms with E-state index in [4.69, 9.17) is 4.98 Å². The molecule has 0 spiro atoms. The third-order valence-corrected chi connectivity index (χ3v) is 6.53. The summed E-state index contributed by atoms with van der Waals surface area (Å²) >= 11 is 0. The van der Waals surface area contributed by atoms with E-state index in [1.807, 2.05) is 25.1 Å². The minimum atomic E-state index is 0.685. The number of quaternary nitrogens is 1. The van der Waals surface area contributed by atoms with Crippen LogP contribution in [0, 0.1) is 18.3 Å². The van der Waals surface area contributed by atoms with E-state index >= 15 is 0 Å². The van der Waals surface area contributed by atoms with Crippen LogP contribution in [-0.2, 0) is 0 Å². The molecular weight excluding hydrogens is 334 g/mol. The predicted molar refractivity (Wildman–Crippen MR) is 107 cm³/mol. The van der Waals surface area contributed by atoms with Crippen LogP contribution in [-0.4, -0.2) is 41.6 Å². The van der Waals surface area contributed by atoms with Crippen molar-refractivity contribution >= 4 is 22.5 Å². The van der Waals surface area contributed by atoms with Crippen molar-refractivity contribution in [2.45, 2.75) is 38.6 Å². The number of imidazole rings is 1. The summed E-state index contributed by atoms with van der Waals surface area (Å²) in [6.45, 7) is 6.58. The maximum absolute atomic E-state index is 9.68. The number of rotatable bonds is 2. The lowest BCUT2D eigenvalue weighted by Crippen LogP contribution is -3.18. The summed E-state index contributed by atoms with van der Waals surface area (Å²) in [5, 5.41) is 9.68. The first-order chi connectivity index (χ1) is 13.3. The first kappa shape index (κ1) is 16.6. The number of nitrogens with one attached hydrogen (secondary N) is 1. The fraction of sp³-hybridized carbons (Fsp3) is 0.455.